The lowest BCUT2D eigenvalue weighted by atomic mass is 9.95. The fraction of sp³-hybridized carbons (Fsp3) is 0.462. The predicted molar refractivity (Wildman–Crippen MR) is 79.1 cm³/mol. The van der Waals surface area contributed by atoms with Gasteiger partial charge in [-0.1, -0.05) is 12.1 Å². The molecule has 1 aromatic carbocycles. The molecule has 1 aromatic rings. The maximum Gasteiger partial charge on any atom is 0.332 e. The van der Waals surface area contributed by atoms with E-state index in [4.69, 9.17) is 4.74 Å². The molecule has 0 bridgehead atoms. The lowest BCUT2D eigenvalue weighted by molar-refractivity contribution is -0.145. The van der Waals surface area contributed by atoms with Gasteiger partial charge in [0.15, 0.2) is 0 Å². The number of ether oxygens (including phenoxy) is 1. The van der Waals surface area contributed by atoms with Crippen LogP contribution in [0.15, 0.2) is 28.7 Å². The molecule has 3 nitrogen and oxygen atoms in total. The van der Waals surface area contributed by atoms with Gasteiger partial charge in [0.1, 0.15) is 5.54 Å². The fourth-order valence-electron chi connectivity index (χ4n) is 2.12. The molecule has 0 spiro atoms. The fourth-order valence-corrected chi connectivity index (χ4v) is 3.68. The minimum Gasteiger partial charge on any atom is -0.467 e. The Hall–Kier alpha value is -0.680. The van der Waals surface area contributed by atoms with Gasteiger partial charge in [-0.05, 0) is 46.7 Å². The molecule has 1 heterocycles. The Labute approximate surface area is 120 Å². The van der Waals surface area contributed by atoms with Gasteiger partial charge in [-0.25, -0.2) is 4.79 Å². The Morgan fingerprint density at radius 3 is 2.89 bits per heavy atom. The molecular formula is C13H16BrNO2S. The van der Waals surface area contributed by atoms with Crippen LogP contribution in [0.1, 0.15) is 12.8 Å². The third-order valence-electron chi connectivity index (χ3n) is 3.06. The number of carbonyl (C=O) groups excluding carboxylic acids is 1. The number of thioether (sulfide) groups is 1. The molecule has 1 unspecified atom stereocenters. The second-order valence-corrected chi connectivity index (χ2v) is 6.29. The lowest BCUT2D eigenvalue weighted by Crippen LogP contribution is -2.51. The molecule has 1 aliphatic heterocycles. The SMILES string of the molecule is COC(=O)C1(Nc2ccccc2Br)CCCSC1. The van der Waals surface area contributed by atoms with Crippen LogP contribution in [-0.2, 0) is 9.53 Å². The highest BCUT2D eigenvalue weighted by Gasteiger charge is 2.41. The molecule has 5 heteroatoms. The largest absolute Gasteiger partial charge is 0.467 e. The average Bonchev–Trinajstić information content (AvgIpc) is 2.41. The van der Waals surface area contributed by atoms with Crippen molar-refractivity contribution in [2.24, 2.45) is 0 Å². The Bertz CT molecular complexity index is 433. The molecule has 18 heavy (non-hydrogen) atoms. The summed E-state index contributed by atoms with van der Waals surface area (Å²) < 4.78 is 5.94. The summed E-state index contributed by atoms with van der Waals surface area (Å²) in [5, 5.41) is 3.37. The van der Waals surface area contributed by atoms with E-state index in [1.807, 2.05) is 24.3 Å². The minimum atomic E-state index is -0.596. The zero-order valence-corrected chi connectivity index (χ0v) is 12.6. The first-order valence-corrected chi connectivity index (χ1v) is 7.81. The lowest BCUT2D eigenvalue weighted by Gasteiger charge is -2.36. The van der Waals surface area contributed by atoms with Crippen LogP contribution in [0.25, 0.3) is 0 Å². The van der Waals surface area contributed by atoms with Crippen molar-refractivity contribution in [3.8, 4) is 0 Å². The molecular weight excluding hydrogens is 314 g/mol. The van der Waals surface area contributed by atoms with Crippen molar-refractivity contribution in [2.75, 3.05) is 23.9 Å². The maximum atomic E-state index is 12.1. The van der Waals surface area contributed by atoms with Crippen LogP contribution in [0.3, 0.4) is 0 Å². The quantitative estimate of drug-likeness (QED) is 0.863. The van der Waals surface area contributed by atoms with Gasteiger partial charge in [-0.15, -0.1) is 0 Å². The monoisotopic (exact) mass is 329 g/mol. The van der Waals surface area contributed by atoms with Crippen LogP contribution in [0.4, 0.5) is 5.69 Å². The van der Waals surface area contributed by atoms with Crippen molar-refractivity contribution in [1.82, 2.24) is 0 Å². The number of esters is 1. The third-order valence-corrected chi connectivity index (χ3v) is 5.03. The third kappa shape index (κ3) is 2.83. The van der Waals surface area contributed by atoms with Gasteiger partial charge in [0.05, 0.1) is 7.11 Å². The molecule has 2 rings (SSSR count). The second-order valence-electron chi connectivity index (χ2n) is 4.33. The molecule has 0 aromatic heterocycles. The van der Waals surface area contributed by atoms with Gasteiger partial charge in [0, 0.05) is 15.9 Å². The van der Waals surface area contributed by atoms with E-state index in [-0.39, 0.29) is 5.97 Å². The molecule has 1 fully saturated rings. The van der Waals surface area contributed by atoms with Gasteiger partial charge in [-0.2, -0.15) is 11.8 Å². The smallest absolute Gasteiger partial charge is 0.332 e. The van der Waals surface area contributed by atoms with Crippen LogP contribution < -0.4 is 5.32 Å². The topological polar surface area (TPSA) is 38.3 Å². The first-order chi connectivity index (χ1) is 8.68. The van der Waals surface area contributed by atoms with Gasteiger partial charge in [0.2, 0.25) is 0 Å². The molecule has 1 aliphatic rings. The summed E-state index contributed by atoms with van der Waals surface area (Å²) in [6, 6.07) is 7.83. The first-order valence-electron chi connectivity index (χ1n) is 5.87. The summed E-state index contributed by atoms with van der Waals surface area (Å²) in [5.74, 6) is 1.68. The first kappa shape index (κ1) is 13.7. The van der Waals surface area contributed by atoms with Crippen LogP contribution in [-0.4, -0.2) is 30.1 Å². The molecule has 98 valence electrons. The van der Waals surface area contributed by atoms with E-state index in [0.717, 1.165) is 34.5 Å². The number of hydrogen-bond donors (Lipinski definition) is 1. The van der Waals surface area contributed by atoms with E-state index in [9.17, 15) is 4.79 Å². The molecule has 0 saturated carbocycles. The highest BCUT2D eigenvalue weighted by molar-refractivity contribution is 9.10. The number of benzene rings is 1. The maximum absolute atomic E-state index is 12.1. The summed E-state index contributed by atoms with van der Waals surface area (Å²) in [6.45, 7) is 0. The molecule has 0 amide bonds. The van der Waals surface area contributed by atoms with Crippen LogP contribution in [0, 0.1) is 0 Å². The molecule has 0 aliphatic carbocycles. The van der Waals surface area contributed by atoms with E-state index in [1.165, 1.54) is 7.11 Å². The van der Waals surface area contributed by atoms with E-state index in [2.05, 4.69) is 21.2 Å². The number of nitrogens with one attached hydrogen (secondary N) is 1. The van der Waals surface area contributed by atoms with Gasteiger partial charge < -0.3 is 10.1 Å². The summed E-state index contributed by atoms with van der Waals surface area (Å²) in [4.78, 5) is 12.1. The van der Waals surface area contributed by atoms with Crippen molar-refractivity contribution in [2.45, 2.75) is 18.4 Å². The van der Waals surface area contributed by atoms with Gasteiger partial charge >= 0.3 is 5.97 Å². The number of para-hydroxylation sites is 1. The molecule has 1 saturated heterocycles. The molecule has 1 atom stereocenters. The van der Waals surface area contributed by atoms with Crippen molar-refractivity contribution < 1.29 is 9.53 Å². The van der Waals surface area contributed by atoms with Crippen molar-refractivity contribution in [3.63, 3.8) is 0 Å². The summed E-state index contributed by atoms with van der Waals surface area (Å²) >= 11 is 5.29. The average molecular weight is 330 g/mol. The number of carbonyl (C=O) groups is 1. The summed E-state index contributed by atoms with van der Waals surface area (Å²) in [5.41, 5.74) is 0.340. The number of rotatable bonds is 3. The normalized spacial score (nSPS) is 23.4. The minimum absolute atomic E-state index is 0.176. The Balaban J connectivity index is 2.25. The highest BCUT2D eigenvalue weighted by atomic mass is 79.9. The number of hydrogen-bond acceptors (Lipinski definition) is 4. The van der Waals surface area contributed by atoms with E-state index < -0.39 is 5.54 Å². The number of methoxy groups -OCH3 is 1. The molecule has 1 N–H and O–H groups in total. The number of halogens is 1. The van der Waals surface area contributed by atoms with E-state index in [0.29, 0.717) is 0 Å². The highest BCUT2D eigenvalue weighted by Crippen LogP contribution is 2.33. The van der Waals surface area contributed by atoms with Crippen molar-refractivity contribution in [1.29, 1.82) is 0 Å². The number of anilines is 1. The predicted octanol–water partition coefficient (Wildman–Crippen LogP) is 3.30. The van der Waals surface area contributed by atoms with E-state index >= 15 is 0 Å². The zero-order valence-electron chi connectivity index (χ0n) is 10.2. The Kier molecular flexibility index (Phi) is 4.56. The standard InChI is InChI=1S/C13H16BrNO2S/c1-17-12(16)13(7-4-8-18-9-13)15-11-6-3-2-5-10(11)14/h2-3,5-6,15H,4,7-9H2,1H3. The van der Waals surface area contributed by atoms with E-state index in [1.54, 1.807) is 11.8 Å². The van der Waals surface area contributed by atoms with Crippen molar-refractivity contribution in [3.05, 3.63) is 28.7 Å². The Morgan fingerprint density at radius 1 is 1.50 bits per heavy atom. The molecule has 0 radical (unpaired) electrons. The van der Waals surface area contributed by atoms with Gasteiger partial charge in [-0.3, -0.25) is 0 Å². The van der Waals surface area contributed by atoms with Crippen molar-refractivity contribution >= 4 is 39.3 Å². The van der Waals surface area contributed by atoms with Crippen LogP contribution >= 0.6 is 27.7 Å². The zero-order chi connectivity index (χ0) is 13.0. The van der Waals surface area contributed by atoms with Crippen LogP contribution in [0.2, 0.25) is 0 Å². The summed E-state index contributed by atoms with van der Waals surface area (Å²) in [6.07, 6.45) is 1.84. The van der Waals surface area contributed by atoms with Gasteiger partial charge in [0.25, 0.3) is 0 Å². The summed E-state index contributed by atoms with van der Waals surface area (Å²) in [7, 11) is 1.45. The Morgan fingerprint density at radius 2 is 2.28 bits per heavy atom. The second kappa shape index (κ2) is 5.97. The van der Waals surface area contributed by atoms with Crippen LogP contribution in [0.5, 0.6) is 0 Å².